The summed E-state index contributed by atoms with van der Waals surface area (Å²) in [6.45, 7) is 3.77. The van der Waals surface area contributed by atoms with Crippen molar-refractivity contribution in [3.05, 3.63) is 60.7 Å². The predicted molar refractivity (Wildman–Crippen MR) is 149 cm³/mol. The second kappa shape index (κ2) is 11.5. The molecule has 0 bridgehead atoms. The zero-order valence-electron chi connectivity index (χ0n) is 22.5. The van der Waals surface area contributed by atoms with E-state index in [-0.39, 0.29) is 11.9 Å². The first kappa shape index (κ1) is 26.1. The van der Waals surface area contributed by atoms with Crippen LogP contribution in [-0.2, 0) is 7.05 Å². The molecule has 1 aromatic carbocycles. The molecule has 1 fully saturated rings. The van der Waals surface area contributed by atoms with E-state index in [1.165, 1.54) is 0 Å². The van der Waals surface area contributed by atoms with Crippen molar-refractivity contribution in [2.75, 3.05) is 37.9 Å². The van der Waals surface area contributed by atoms with Crippen LogP contribution in [-0.4, -0.2) is 68.8 Å². The number of ether oxygens (including phenoxy) is 2. The Balaban J connectivity index is 1.39. The van der Waals surface area contributed by atoms with Gasteiger partial charge in [-0.15, -0.1) is 0 Å². The monoisotopic (exact) mass is 528 g/mol. The Bertz CT molecular complexity index is 1450. The van der Waals surface area contributed by atoms with Crippen LogP contribution >= 0.6 is 0 Å². The number of ketones is 1. The van der Waals surface area contributed by atoms with E-state index in [2.05, 4.69) is 42.6 Å². The number of likely N-dealkylation sites (tertiary alicyclic amines) is 1. The quantitative estimate of drug-likeness (QED) is 0.286. The van der Waals surface area contributed by atoms with Crippen LogP contribution in [0.2, 0.25) is 0 Å². The number of hydrogen-bond donors (Lipinski definition) is 2. The molecule has 202 valence electrons. The number of aryl methyl sites for hydroxylation is 1. The third-order valence-corrected chi connectivity index (χ3v) is 6.50. The number of carbonyl (C=O) groups is 1. The first-order chi connectivity index (χ1) is 18.9. The maximum absolute atomic E-state index is 12.8. The van der Waals surface area contributed by atoms with Gasteiger partial charge in [-0.05, 0) is 37.7 Å². The minimum absolute atomic E-state index is 0.0322. The van der Waals surface area contributed by atoms with E-state index in [1.807, 2.05) is 44.3 Å². The number of anilines is 4. The standard InChI is InChI=1S/C28H32N8O3/c1-5-24(37)21-15-30-26(33-25-10-9-18(14-29-25)39-19-11-12-35(2)16-19)13-23(21)32-22-8-6-7-20(27(22)38-4)28-31-17-36(3)34-28/h6-10,13-15,17,19H,5,11-12,16H2,1-4H3,(H2,29,30,32,33)/t19-/m0/s1. The molecule has 11 heteroatoms. The lowest BCUT2D eigenvalue weighted by molar-refractivity contribution is 0.0988. The fourth-order valence-electron chi connectivity index (χ4n) is 4.52. The fraction of sp³-hybridized carbons (Fsp3) is 0.321. The molecule has 0 saturated carbocycles. The van der Waals surface area contributed by atoms with Crippen molar-refractivity contribution < 1.29 is 14.3 Å². The Hall–Kier alpha value is -4.51. The summed E-state index contributed by atoms with van der Waals surface area (Å²) in [4.78, 5) is 28.3. The topological polar surface area (TPSA) is 119 Å². The second-order valence-electron chi connectivity index (χ2n) is 9.44. The highest BCUT2D eigenvalue weighted by molar-refractivity contribution is 6.02. The molecule has 5 rings (SSSR count). The van der Waals surface area contributed by atoms with Gasteiger partial charge in [-0.25, -0.2) is 15.0 Å². The number of pyridine rings is 2. The Labute approximate surface area is 227 Å². The normalized spacial score (nSPS) is 15.2. The van der Waals surface area contributed by atoms with E-state index in [0.29, 0.717) is 46.6 Å². The average molecular weight is 529 g/mol. The zero-order chi connectivity index (χ0) is 27.4. The summed E-state index contributed by atoms with van der Waals surface area (Å²) in [5.41, 5.74) is 2.47. The summed E-state index contributed by atoms with van der Waals surface area (Å²) in [7, 11) is 5.49. The zero-order valence-corrected chi connectivity index (χ0v) is 22.5. The van der Waals surface area contributed by atoms with Crippen LogP contribution in [0.3, 0.4) is 0 Å². The van der Waals surface area contributed by atoms with Gasteiger partial charge < -0.3 is 25.0 Å². The van der Waals surface area contributed by atoms with Crippen molar-refractivity contribution in [2.45, 2.75) is 25.9 Å². The molecule has 4 aromatic rings. The minimum atomic E-state index is -0.0322. The van der Waals surface area contributed by atoms with E-state index < -0.39 is 0 Å². The molecule has 0 radical (unpaired) electrons. The lowest BCUT2D eigenvalue weighted by Gasteiger charge is -2.17. The first-order valence-electron chi connectivity index (χ1n) is 12.8. The van der Waals surface area contributed by atoms with E-state index in [1.54, 1.807) is 36.6 Å². The van der Waals surface area contributed by atoms with E-state index in [0.717, 1.165) is 30.8 Å². The molecule has 1 aliphatic heterocycles. The van der Waals surface area contributed by atoms with Gasteiger partial charge >= 0.3 is 0 Å². The molecule has 0 amide bonds. The SMILES string of the molecule is CCC(=O)c1cnc(Nc2ccc(O[C@H]3CCN(C)C3)cn2)cc1Nc1cccc(-c2ncn(C)n2)c1OC. The molecule has 1 aliphatic rings. The van der Waals surface area contributed by atoms with Gasteiger partial charge in [0.25, 0.3) is 0 Å². The van der Waals surface area contributed by atoms with Gasteiger partial charge in [-0.2, -0.15) is 5.10 Å². The Kier molecular flexibility index (Phi) is 7.69. The largest absolute Gasteiger partial charge is 0.494 e. The van der Waals surface area contributed by atoms with Crippen LogP contribution in [0.4, 0.5) is 23.0 Å². The minimum Gasteiger partial charge on any atom is -0.494 e. The number of aromatic nitrogens is 5. The second-order valence-corrected chi connectivity index (χ2v) is 9.44. The van der Waals surface area contributed by atoms with Crippen LogP contribution in [0.5, 0.6) is 11.5 Å². The highest BCUT2D eigenvalue weighted by Crippen LogP contribution is 2.37. The van der Waals surface area contributed by atoms with E-state index in [9.17, 15) is 4.79 Å². The molecule has 0 unspecified atom stereocenters. The smallest absolute Gasteiger partial charge is 0.184 e. The van der Waals surface area contributed by atoms with Gasteiger partial charge in [0.1, 0.15) is 29.8 Å². The van der Waals surface area contributed by atoms with Crippen LogP contribution in [0.1, 0.15) is 30.1 Å². The first-order valence-corrected chi connectivity index (χ1v) is 12.8. The fourth-order valence-corrected chi connectivity index (χ4v) is 4.52. The van der Waals surface area contributed by atoms with Crippen molar-refractivity contribution in [1.29, 1.82) is 0 Å². The van der Waals surface area contributed by atoms with Crippen LogP contribution in [0.15, 0.2) is 55.1 Å². The van der Waals surface area contributed by atoms with Crippen molar-refractivity contribution >= 4 is 28.8 Å². The molecule has 1 atom stereocenters. The summed E-state index contributed by atoms with van der Waals surface area (Å²) >= 11 is 0. The number of benzene rings is 1. The molecular weight excluding hydrogens is 496 g/mol. The van der Waals surface area contributed by atoms with Crippen molar-refractivity contribution in [1.82, 2.24) is 29.6 Å². The number of hydrogen-bond acceptors (Lipinski definition) is 10. The lowest BCUT2D eigenvalue weighted by atomic mass is 10.1. The van der Waals surface area contributed by atoms with Crippen LogP contribution in [0.25, 0.3) is 11.4 Å². The number of rotatable bonds is 10. The van der Waals surface area contributed by atoms with Gasteiger partial charge in [0.2, 0.25) is 0 Å². The number of methoxy groups -OCH3 is 1. The van der Waals surface area contributed by atoms with Gasteiger partial charge in [-0.1, -0.05) is 13.0 Å². The Morgan fingerprint density at radius 3 is 2.56 bits per heavy atom. The summed E-state index contributed by atoms with van der Waals surface area (Å²) in [6.07, 6.45) is 6.44. The number of carbonyl (C=O) groups excluding carboxylic acids is 1. The van der Waals surface area contributed by atoms with Crippen molar-refractivity contribution in [2.24, 2.45) is 7.05 Å². The molecule has 39 heavy (non-hydrogen) atoms. The molecular formula is C28H32N8O3. The maximum atomic E-state index is 12.8. The molecule has 11 nitrogen and oxygen atoms in total. The van der Waals surface area contributed by atoms with Crippen LogP contribution < -0.4 is 20.1 Å². The maximum Gasteiger partial charge on any atom is 0.184 e. The molecule has 3 aromatic heterocycles. The predicted octanol–water partition coefficient (Wildman–Crippen LogP) is 4.44. The highest BCUT2D eigenvalue weighted by atomic mass is 16.5. The molecule has 2 N–H and O–H groups in total. The number of Topliss-reactive ketones (excluding diaryl/α,β-unsaturated/α-hetero) is 1. The Morgan fingerprint density at radius 2 is 1.90 bits per heavy atom. The van der Waals surface area contributed by atoms with E-state index in [4.69, 9.17) is 9.47 Å². The summed E-state index contributed by atoms with van der Waals surface area (Å²) < 4.78 is 13.4. The van der Waals surface area contributed by atoms with Crippen LogP contribution in [0, 0.1) is 0 Å². The number of nitrogens with one attached hydrogen (secondary N) is 2. The number of likely N-dealkylation sites (N-methyl/N-ethyl adjacent to an activating group) is 1. The lowest BCUT2D eigenvalue weighted by Crippen LogP contribution is -2.21. The number of nitrogens with zero attached hydrogens (tertiary/aromatic N) is 6. The molecule has 0 spiro atoms. The van der Waals surface area contributed by atoms with Gasteiger partial charge in [0, 0.05) is 38.8 Å². The highest BCUT2D eigenvalue weighted by Gasteiger charge is 2.21. The van der Waals surface area contributed by atoms with Crippen molar-refractivity contribution in [3.8, 4) is 22.9 Å². The molecule has 4 heterocycles. The third kappa shape index (κ3) is 5.99. The Morgan fingerprint density at radius 1 is 1.05 bits per heavy atom. The number of para-hydroxylation sites is 1. The summed E-state index contributed by atoms with van der Waals surface area (Å²) in [5, 5.41) is 11.0. The average Bonchev–Trinajstić information content (AvgIpc) is 3.56. The van der Waals surface area contributed by atoms with Gasteiger partial charge in [0.15, 0.2) is 17.4 Å². The van der Waals surface area contributed by atoms with E-state index >= 15 is 0 Å². The summed E-state index contributed by atoms with van der Waals surface area (Å²) in [6, 6.07) is 11.2. The van der Waals surface area contributed by atoms with Gasteiger partial charge in [-0.3, -0.25) is 9.48 Å². The van der Waals surface area contributed by atoms with Crippen molar-refractivity contribution in [3.63, 3.8) is 0 Å². The molecule has 1 saturated heterocycles. The third-order valence-electron chi connectivity index (χ3n) is 6.50. The molecule has 0 aliphatic carbocycles. The van der Waals surface area contributed by atoms with Gasteiger partial charge in [0.05, 0.1) is 35.8 Å². The summed E-state index contributed by atoms with van der Waals surface area (Å²) in [5.74, 6) is 2.95.